The largest absolute Gasteiger partial charge is 0.496 e. The lowest BCUT2D eigenvalue weighted by molar-refractivity contribution is 0.408. The van der Waals surface area contributed by atoms with Gasteiger partial charge in [0.2, 0.25) is 0 Å². The maximum absolute atomic E-state index is 7.58. The molecule has 0 unspecified atom stereocenters. The molecule has 0 saturated heterocycles. The SMILES string of the molecule is [2H]C([2H])(Br)c1cccc(C([2H])([2H])Br)c1OC. The van der Waals surface area contributed by atoms with Crippen molar-refractivity contribution < 1.29 is 10.2 Å². The van der Waals surface area contributed by atoms with Crippen LogP contribution in [-0.2, 0) is 10.6 Å². The molecule has 0 bridgehead atoms. The summed E-state index contributed by atoms with van der Waals surface area (Å²) in [6, 6.07) is 4.69. The Bertz CT molecular complexity index is 352. The summed E-state index contributed by atoms with van der Waals surface area (Å²) in [6.07, 6.45) is 0. The van der Waals surface area contributed by atoms with Crippen LogP contribution in [0.15, 0.2) is 18.2 Å². The van der Waals surface area contributed by atoms with Gasteiger partial charge in [0.25, 0.3) is 0 Å². The fourth-order valence-corrected chi connectivity index (χ4v) is 1.53. The van der Waals surface area contributed by atoms with Gasteiger partial charge >= 0.3 is 0 Å². The molecule has 0 atom stereocenters. The van der Waals surface area contributed by atoms with Crippen LogP contribution >= 0.6 is 31.9 Å². The molecule has 1 aromatic rings. The Morgan fingerprint density at radius 2 is 1.83 bits per heavy atom. The minimum Gasteiger partial charge on any atom is -0.496 e. The standard InChI is InChI=1S/C9H10Br2O/c1-12-9-7(5-10)3-2-4-8(9)6-11/h2-4H,5-6H2,1H3/i5D2,6D2. The fraction of sp³-hybridized carbons (Fsp3) is 0.333. The molecule has 0 N–H and O–H groups in total. The Hall–Kier alpha value is -0.0200. The predicted octanol–water partition coefficient (Wildman–Crippen LogP) is 3.49. The van der Waals surface area contributed by atoms with E-state index in [0.29, 0.717) is 0 Å². The molecular weight excluding hydrogens is 284 g/mol. The number of rotatable bonds is 3. The van der Waals surface area contributed by atoms with E-state index in [2.05, 4.69) is 31.9 Å². The van der Waals surface area contributed by atoms with Crippen LogP contribution in [0.5, 0.6) is 5.75 Å². The number of methoxy groups -OCH3 is 1. The first-order chi connectivity index (χ1) is 7.18. The van der Waals surface area contributed by atoms with E-state index in [1.54, 1.807) is 18.2 Å². The number of para-hydroxylation sites is 1. The molecule has 0 saturated carbocycles. The van der Waals surface area contributed by atoms with Gasteiger partial charge in [-0.25, -0.2) is 0 Å². The van der Waals surface area contributed by atoms with Gasteiger partial charge in [-0.2, -0.15) is 0 Å². The summed E-state index contributed by atoms with van der Waals surface area (Å²) < 4.78 is 35.4. The van der Waals surface area contributed by atoms with Crippen LogP contribution in [0.2, 0.25) is 0 Å². The van der Waals surface area contributed by atoms with E-state index in [1.807, 2.05) is 0 Å². The van der Waals surface area contributed by atoms with Gasteiger partial charge in [-0.05, 0) is 0 Å². The normalized spacial score (nSPS) is 17.2. The molecule has 0 aliphatic carbocycles. The number of hydrogen-bond donors (Lipinski definition) is 0. The third-order valence-electron chi connectivity index (χ3n) is 1.42. The lowest BCUT2D eigenvalue weighted by Crippen LogP contribution is -1.93. The Morgan fingerprint density at radius 1 is 1.33 bits per heavy atom. The Labute approximate surface area is 95.0 Å². The number of ether oxygens (including phenoxy) is 1. The number of benzene rings is 1. The minimum absolute atomic E-state index is 0.200. The van der Waals surface area contributed by atoms with Crippen LogP contribution in [0.1, 0.15) is 16.6 Å². The first-order valence-corrected chi connectivity index (χ1v) is 4.82. The van der Waals surface area contributed by atoms with Gasteiger partial charge < -0.3 is 4.74 Å². The van der Waals surface area contributed by atoms with E-state index in [-0.39, 0.29) is 16.9 Å². The Balaban J connectivity index is 3.45. The summed E-state index contributed by atoms with van der Waals surface area (Å²) in [5.74, 6) is 0.200. The second-order valence-electron chi connectivity index (χ2n) is 2.08. The van der Waals surface area contributed by atoms with Crippen molar-refractivity contribution in [2.24, 2.45) is 0 Å². The zero-order valence-electron chi connectivity index (χ0n) is 10.4. The highest BCUT2D eigenvalue weighted by atomic mass is 79.9. The van der Waals surface area contributed by atoms with Crippen molar-refractivity contribution in [3.8, 4) is 5.75 Å². The van der Waals surface area contributed by atoms with Crippen molar-refractivity contribution in [3.63, 3.8) is 0 Å². The minimum atomic E-state index is -1.76. The summed E-state index contributed by atoms with van der Waals surface area (Å²) >= 11 is 5.79. The van der Waals surface area contributed by atoms with Gasteiger partial charge in [0.05, 0.1) is 7.11 Å². The number of alkyl halides is 2. The third-order valence-corrected chi connectivity index (χ3v) is 2.28. The summed E-state index contributed by atoms with van der Waals surface area (Å²) in [5.41, 5.74) is 0.520. The molecule has 12 heavy (non-hydrogen) atoms. The highest BCUT2D eigenvalue weighted by Crippen LogP contribution is 2.27. The third kappa shape index (κ3) is 2.02. The van der Waals surface area contributed by atoms with Crippen molar-refractivity contribution in [3.05, 3.63) is 29.3 Å². The molecule has 1 rings (SSSR count). The average Bonchev–Trinajstić information content (AvgIpc) is 2.13. The van der Waals surface area contributed by atoms with Crippen molar-refractivity contribution in [1.29, 1.82) is 0 Å². The molecule has 0 amide bonds. The molecule has 0 spiro atoms. The van der Waals surface area contributed by atoms with Crippen LogP contribution in [0.4, 0.5) is 0 Å². The van der Waals surface area contributed by atoms with Crippen LogP contribution in [0, 0.1) is 0 Å². The summed E-state index contributed by atoms with van der Waals surface area (Å²) in [6.45, 7) is 0. The summed E-state index contributed by atoms with van der Waals surface area (Å²) in [7, 11) is 1.39. The van der Waals surface area contributed by atoms with Gasteiger partial charge in [-0.15, -0.1) is 0 Å². The molecular formula is C9H10Br2O. The molecule has 0 radical (unpaired) electrons. The second-order valence-corrected chi connectivity index (χ2v) is 2.87. The maximum Gasteiger partial charge on any atom is 0.126 e. The summed E-state index contributed by atoms with van der Waals surface area (Å²) in [4.78, 5) is 0. The van der Waals surface area contributed by atoms with Gasteiger partial charge in [0.15, 0.2) is 0 Å². The fourth-order valence-electron chi connectivity index (χ4n) is 0.906. The van der Waals surface area contributed by atoms with Crippen molar-refractivity contribution in [1.82, 2.24) is 0 Å². The smallest absolute Gasteiger partial charge is 0.126 e. The molecule has 3 heteroatoms. The van der Waals surface area contributed by atoms with Crippen LogP contribution in [0.3, 0.4) is 0 Å². The first-order valence-electron chi connectivity index (χ1n) is 5.23. The van der Waals surface area contributed by atoms with Crippen LogP contribution < -0.4 is 4.74 Å². The predicted molar refractivity (Wildman–Crippen MR) is 58.3 cm³/mol. The zero-order chi connectivity index (χ0) is 12.6. The van der Waals surface area contributed by atoms with E-state index in [9.17, 15) is 0 Å². The number of hydrogen-bond acceptors (Lipinski definition) is 1. The molecule has 0 fully saturated rings. The second kappa shape index (κ2) is 4.87. The Morgan fingerprint density at radius 3 is 2.17 bits per heavy atom. The maximum atomic E-state index is 7.58. The van der Waals surface area contributed by atoms with E-state index < -0.39 is 10.6 Å². The molecule has 0 aromatic heterocycles. The Kier molecular flexibility index (Phi) is 2.30. The molecule has 0 aliphatic rings. The quantitative estimate of drug-likeness (QED) is 0.776. The molecule has 0 heterocycles. The zero-order valence-corrected chi connectivity index (χ0v) is 9.57. The lowest BCUT2D eigenvalue weighted by atomic mass is 10.1. The van der Waals surface area contributed by atoms with Gasteiger partial charge in [-0.3, -0.25) is 0 Å². The highest BCUT2D eigenvalue weighted by molar-refractivity contribution is 9.08. The average molecular weight is 298 g/mol. The highest BCUT2D eigenvalue weighted by Gasteiger charge is 2.05. The van der Waals surface area contributed by atoms with Gasteiger partial charge in [0.1, 0.15) is 5.75 Å². The van der Waals surface area contributed by atoms with E-state index in [0.717, 1.165) is 0 Å². The topological polar surface area (TPSA) is 9.23 Å². The molecule has 66 valence electrons. The van der Waals surface area contributed by atoms with Crippen LogP contribution in [-0.4, -0.2) is 7.11 Å². The lowest BCUT2D eigenvalue weighted by Gasteiger charge is -2.09. The van der Waals surface area contributed by atoms with E-state index >= 15 is 0 Å². The van der Waals surface area contributed by atoms with Gasteiger partial charge in [-0.1, -0.05) is 50.1 Å². The van der Waals surface area contributed by atoms with Crippen molar-refractivity contribution in [2.75, 3.05) is 7.11 Å². The first kappa shape index (κ1) is 5.66. The summed E-state index contributed by atoms with van der Waals surface area (Å²) in [5, 5.41) is -3.51. The van der Waals surface area contributed by atoms with Gasteiger partial charge in [0, 0.05) is 27.2 Å². The molecule has 1 nitrogen and oxygen atoms in total. The molecule has 0 aliphatic heterocycles. The monoisotopic (exact) mass is 296 g/mol. The molecule has 1 aromatic carbocycles. The van der Waals surface area contributed by atoms with Crippen molar-refractivity contribution >= 4 is 31.9 Å². The van der Waals surface area contributed by atoms with E-state index in [4.69, 9.17) is 10.2 Å². The number of halogens is 2. The van der Waals surface area contributed by atoms with Crippen molar-refractivity contribution in [2.45, 2.75) is 10.6 Å². The van der Waals surface area contributed by atoms with Crippen LogP contribution in [0.25, 0.3) is 0 Å². The van der Waals surface area contributed by atoms with E-state index in [1.165, 1.54) is 7.11 Å².